The minimum atomic E-state index is -0.231. The Bertz CT molecular complexity index is 876. The fourth-order valence-electron chi connectivity index (χ4n) is 2.79. The van der Waals surface area contributed by atoms with Crippen LogP contribution in [0.1, 0.15) is 37.5 Å². The van der Waals surface area contributed by atoms with Gasteiger partial charge in [0.25, 0.3) is 0 Å². The maximum absolute atomic E-state index is 8.61. The lowest BCUT2D eigenvalue weighted by Gasteiger charge is -2.21. The molecule has 0 aromatic heterocycles. The Labute approximate surface area is 155 Å². The standard InChI is InChI=1S/C24H24N2/c1-24(2,3)23(25)20-16-10-11-17-21(20)26-22(18-12-6-4-7-13-18)19-14-8-5-9-15-19/h4-17,25H,1-3H3. The predicted molar refractivity (Wildman–Crippen MR) is 111 cm³/mol. The molecular formula is C24H24N2. The number of nitrogens with zero attached hydrogens (tertiary/aromatic N) is 1. The number of nitrogens with one attached hydrogen (secondary N) is 1. The van der Waals surface area contributed by atoms with Gasteiger partial charge in [0.05, 0.1) is 11.4 Å². The van der Waals surface area contributed by atoms with Crippen LogP contribution in [0.15, 0.2) is 89.9 Å². The van der Waals surface area contributed by atoms with Gasteiger partial charge in [-0.25, -0.2) is 4.99 Å². The third-order valence-electron chi connectivity index (χ3n) is 4.25. The molecular weight excluding hydrogens is 316 g/mol. The molecule has 3 aromatic carbocycles. The molecule has 0 unspecified atom stereocenters. The first-order valence-corrected chi connectivity index (χ1v) is 8.85. The lowest BCUT2D eigenvalue weighted by atomic mass is 9.85. The van der Waals surface area contributed by atoms with Gasteiger partial charge in [-0.05, 0) is 6.07 Å². The topological polar surface area (TPSA) is 36.2 Å². The highest BCUT2D eigenvalue weighted by atomic mass is 14.8. The van der Waals surface area contributed by atoms with E-state index in [4.69, 9.17) is 10.4 Å². The van der Waals surface area contributed by atoms with E-state index in [-0.39, 0.29) is 5.41 Å². The van der Waals surface area contributed by atoms with Crippen molar-refractivity contribution in [3.63, 3.8) is 0 Å². The summed E-state index contributed by atoms with van der Waals surface area (Å²) in [6.45, 7) is 6.18. The molecule has 0 amide bonds. The monoisotopic (exact) mass is 340 g/mol. The van der Waals surface area contributed by atoms with E-state index in [1.165, 1.54) is 0 Å². The van der Waals surface area contributed by atoms with Gasteiger partial charge in [-0.2, -0.15) is 0 Å². The zero-order valence-electron chi connectivity index (χ0n) is 15.5. The first kappa shape index (κ1) is 17.8. The molecule has 2 heteroatoms. The van der Waals surface area contributed by atoms with Gasteiger partial charge in [-0.3, -0.25) is 0 Å². The molecule has 130 valence electrons. The molecule has 0 bridgehead atoms. The molecule has 0 spiro atoms. The van der Waals surface area contributed by atoms with Crippen LogP contribution in [0.5, 0.6) is 0 Å². The Hall–Kier alpha value is -3.00. The molecule has 0 atom stereocenters. The summed E-state index contributed by atoms with van der Waals surface area (Å²) < 4.78 is 0. The van der Waals surface area contributed by atoms with Crippen LogP contribution in [-0.4, -0.2) is 11.4 Å². The number of hydrogen-bond donors (Lipinski definition) is 1. The van der Waals surface area contributed by atoms with Gasteiger partial charge in [-0.15, -0.1) is 0 Å². The Morgan fingerprint density at radius 1 is 0.692 bits per heavy atom. The second kappa shape index (κ2) is 7.49. The first-order valence-electron chi connectivity index (χ1n) is 8.85. The minimum Gasteiger partial charge on any atom is -0.304 e. The van der Waals surface area contributed by atoms with Gasteiger partial charge in [0.2, 0.25) is 0 Å². The fraction of sp³-hybridized carbons (Fsp3) is 0.167. The summed E-state index contributed by atoms with van der Waals surface area (Å²) in [5, 5.41) is 8.61. The molecule has 0 fully saturated rings. The average molecular weight is 340 g/mol. The molecule has 0 radical (unpaired) electrons. The summed E-state index contributed by atoms with van der Waals surface area (Å²) in [6.07, 6.45) is 0. The SMILES string of the molecule is CC(C)(C)C(=N)c1ccccc1N=C(c1ccccc1)c1ccccc1. The second-order valence-corrected chi connectivity index (χ2v) is 7.33. The fourth-order valence-corrected chi connectivity index (χ4v) is 2.79. The van der Waals surface area contributed by atoms with Crippen molar-refractivity contribution in [1.82, 2.24) is 0 Å². The molecule has 0 aliphatic carbocycles. The van der Waals surface area contributed by atoms with Crippen molar-refractivity contribution >= 4 is 17.1 Å². The Morgan fingerprint density at radius 2 is 1.15 bits per heavy atom. The van der Waals surface area contributed by atoms with Crippen LogP contribution in [0.25, 0.3) is 0 Å². The smallest absolute Gasteiger partial charge is 0.0781 e. The van der Waals surface area contributed by atoms with E-state index in [1.807, 2.05) is 60.7 Å². The number of hydrogen-bond acceptors (Lipinski definition) is 2. The van der Waals surface area contributed by atoms with Crippen LogP contribution in [0.3, 0.4) is 0 Å². The average Bonchev–Trinajstić information content (AvgIpc) is 2.66. The Kier molecular flexibility index (Phi) is 5.13. The second-order valence-electron chi connectivity index (χ2n) is 7.33. The van der Waals surface area contributed by atoms with Crippen molar-refractivity contribution in [2.24, 2.45) is 10.4 Å². The third kappa shape index (κ3) is 3.97. The van der Waals surface area contributed by atoms with Crippen LogP contribution in [0.2, 0.25) is 0 Å². The Balaban J connectivity index is 2.18. The van der Waals surface area contributed by atoms with Gasteiger partial charge in [0, 0.05) is 27.8 Å². The van der Waals surface area contributed by atoms with Crippen molar-refractivity contribution < 1.29 is 0 Å². The van der Waals surface area contributed by atoms with E-state index in [9.17, 15) is 0 Å². The summed E-state index contributed by atoms with van der Waals surface area (Å²) in [7, 11) is 0. The molecule has 0 saturated heterocycles. The molecule has 26 heavy (non-hydrogen) atoms. The summed E-state index contributed by atoms with van der Waals surface area (Å²) in [5.74, 6) is 0. The first-order chi connectivity index (χ1) is 12.5. The summed E-state index contributed by atoms with van der Waals surface area (Å²) >= 11 is 0. The molecule has 2 nitrogen and oxygen atoms in total. The van der Waals surface area contributed by atoms with Crippen molar-refractivity contribution in [3.05, 3.63) is 102 Å². The van der Waals surface area contributed by atoms with Gasteiger partial charge >= 0.3 is 0 Å². The van der Waals surface area contributed by atoms with E-state index in [2.05, 4.69) is 45.0 Å². The van der Waals surface area contributed by atoms with Crippen LogP contribution >= 0.6 is 0 Å². The summed E-state index contributed by atoms with van der Waals surface area (Å²) in [6, 6.07) is 28.3. The predicted octanol–water partition coefficient (Wildman–Crippen LogP) is 6.27. The molecule has 1 N–H and O–H groups in total. The Morgan fingerprint density at radius 3 is 1.65 bits per heavy atom. The van der Waals surface area contributed by atoms with E-state index in [0.717, 1.165) is 28.1 Å². The van der Waals surface area contributed by atoms with Crippen LogP contribution in [0, 0.1) is 10.8 Å². The zero-order valence-corrected chi connectivity index (χ0v) is 15.5. The normalized spacial score (nSPS) is 11.0. The molecule has 0 aliphatic rings. The van der Waals surface area contributed by atoms with Crippen molar-refractivity contribution in [1.29, 1.82) is 5.41 Å². The minimum absolute atomic E-state index is 0.231. The lowest BCUT2D eigenvalue weighted by molar-refractivity contribution is 0.588. The highest BCUT2D eigenvalue weighted by Gasteiger charge is 2.21. The molecule has 3 rings (SSSR count). The number of aliphatic imine (C=N–C) groups is 1. The quantitative estimate of drug-likeness (QED) is 0.543. The lowest BCUT2D eigenvalue weighted by Crippen LogP contribution is -2.20. The van der Waals surface area contributed by atoms with Crippen LogP contribution in [-0.2, 0) is 0 Å². The number of para-hydroxylation sites is 1. The van der Waals surface area contributed by atoms with Crippen molar-refractivity contribution in [3.8, 4) is 0 Å². The zero-order chi connectivity index (χ0) is 18.6. The largest absolute Gasteiger partial charge is 0.304 e. The van der Waals surface area contributed by atoms with E-state index >= 15 is 0 Å². The van der Waals surface area contributed by atoms with Gasteiger partial charge < -0.3 is 5.41 Å². The maximum atomic E-state index is 8.61. The van der Waals surface area contributed by atoms with E-state index in [1.54, 1.807) is 0 Å². The van der Waals surface area contributed by atoms with E-state index < -0.39 is 0 Å². The highest BCUT2D eigenvalue weighted by molar-refractivity contribution is 6.15. The third-order valence-corrected chi connectivity index (χ3v) is 4.25. The maximum Gasteiger partial charge on any atom is 0.0781 e. The van der Waals surface area contributed by atoms with E-state index in [0.29, 0.717) is 5.71 Å². The molecule has 0 heterocycles. The van der Waals surface area contributed by atoms with Gasteiger partial charge in [-0.1, -0.05) is 99.6 Å². The van der Waals surface area contributed by atoms with Gasteiger partial charge in [0.1, 0.15) is 0 Å². The number of rotatable bonds is 4. The summed E-state index contributed by atoms with van der Waals surface area (Å²) in [5.41, 5.74) is 5.12. The van der Waals surface area contributed by atoms with Gasteiger partial charge in [0.15, 0.2) is 0 Å². The summed E-state index contributed by atoms with van der Waals surface area (Å²) in [4.78, 5) is 5.01. The van der Waals surface area contributed by atoms with Crippen LogP contribution < -0.4 is 0 Å². The molecule has 0 aliphatic heterocycles. The van der Waals surface area contributed by atoms with Crippen molar-refractivity contribution in [2.75, 3.05) is 0 Å². The highest BCUT2D eigenvalue weighted by Crippen LogP contribution is 2.29. The van der Waals surface area contributed by atoms with Crippen LogP contribution in [0.4, 0.5) is 5.69 Å². The van der Waals surface area contributed by atoms with Crippen molar-refractivity contribution in [2.45, 2.75) is 20.8 Å². The molecule has 3 aromatic rings. The molecule has 0 saturated carbocycles. The number of benzene rings is 3.